The summed E-state index contributed by atoms with van der Waals surface area (Å²) in [6.45, 7) is 1.91. The van der Waals surface area contributed by atoms with Crippen molar-refractivity contribution in [1.82, 2.24) is 5.32 Å². The third-order valence-electron chi connectivity index (χ3n) is 3.55. The smallest absolute Gasteiger partial charge is 0.326 e. The highest BCUT2D eigenvalue weighted by Crippen LogP contribution is 2.47. The van der Waals surface area contributed by atoms with Crippen LogP contribution in [0, 0.1) is 5.92 Å². The van der Waals surface area contributed by atoms with Gasteiger partial charge in [-0.1, -0.05) is 43.7 Å². The molecule has 2 unspecified atom stereocenters. The lowest BCUT2D eigenvalue weighted by atomic mass is 10.1. The van der Waals surface area contributed by atoms with Crippen LogP contribution in [0.4, 0.5) is 0 Å². The maximum absolute atomic E-state index is 12.0. The van der Waals surface area contributed by atoms with E-state index in [1.54, 1.807) is 0 Å². The fourth-order valence-corrected chi connectivity index (χ4v) is 2.38. The van der Waals surface area contributed by atoms with Gasteiger partial charge in [0.2, 0.25) is 5.91 Å². The minimum Gasteiger partial charge on any atom is -0.480 e. The van der Waals surface area contributed by atoms with Crippen LogP contribution in [-0.4, -0.2) is 23.0 Å². The summed E-state index contributed by atoms with van der Waals surface area (Å²) in [6.07, 6.45) is 2.03. The third-order valence-corrected chi connectivity index (χ3v) is 3.55. The van der Waals surface area contributed by atoms with Crippen molar-refractivity contribution in [1.29, 1.82) is 0 Å². The molecule has 1 aromatic rings. The van der Waals surface area contributed by atoms with Gasteiger partial charge in [-0.15, -0.1) is 0 Å². The number of benzene rings is 1. The van der Waals surface area contributed by atoms with Gasteiger partial charge in [-0.2, -0.15) is 0 Å². The summed E-state index contributed by atoms with van der Waals surface area (Å²) in [6, 6.07) is 9.13. The maximum atomic E-state index is 12.0. The fraction of sp³-hybridized carbons (Fsp3) is 0.467. The zero-order chi connectivity index (χ0) is 13.8. The highest BCUT2D eigenvalue weighted by atomic mass is 16.4. The number of carbonyl (C=O) groups excluding carboxylic acids is 1. The summed E-state index contributed by atoms with van der Waals surface area (Å²) in [7, 11) is 0. The first-order chi connectivity index (χ1) is 9.13. The highest BCUT2D eigenvalue weighted by molar-refractivity contribution is 5.87. The Morgan fingerprint density at radius 1 is 1.37 bits per heavy atom. The van der Waals surface area contributed by atoms with E-state index in [1.807, 2.05) is 37.3 Å². The second kappa shape index (κ2) is 5.87. The molecule has 0 saturated heterocycles. The van der Waals surface area contributed by atoms with E-state index in [0.717, 1.165) is 18.4 Å². The summed E-state index contributed by atoms with van der Waals surface area (Å²) in [5.41, 5.74) is 1.16. The van der Waals surface area contributed by atoms with Crippen LogP contribution in [0.15, 0.2) is 30.3 Å². The Hall–Kier alpha value is -1.84. The molecule has 1 aliphatic carbocycles. The monoisotopic (exact) mass is 261 g/mol. The molecule has 1 aromatic carbocycles. The molecule has 0 radical (unpaired) electrons. The molecule has 1 saturated carbocycles. The Morgan fingerprint density at radius 2 is 2.05 bits per heavy atom. The Labute approximate surface area is 112 Å². The molecule has 0 aliphatic heterocycles. The molecule has 102 valence electrons. The van der Waals surface area contributed by atoms with Crippen molar-refractivity contribution < 1.29 is 14.7 Å². The van der Waals surface area contributed by atoms with Gasteiger partial charge in [-0.3, -0.25) is 4.79 Å². The summed E-state index contributed by atoms with van der Waals surface area (Å²) in [5, 5.41) is 11.7. The standard InChI is InChI=1S/C15H19NO3/c1-2-6-13(15(18)19)16-14(17)12-9-11(12)10-7-4-3-5-8-10/h3-5,7-8,11-13H,2,6,9H2,1H3,(H,16,17)(H,18,19)/t11?,12?,13-/m0/s1. The predicted octanol–water partition coefficient (Wildman–Crippen LogP) is 2.16. The van der Waals surface area contributed by atoms with Gasteiger partial charge in [-0.25, -0.2) is 4.79 Å². The molecule has 4 heteroatoms. The lowest BCUT2D eigenvalue weighted by Gasteiger charge is -2.13. The van der Waals surface area contributed by atoms with Crippen LogP contribution in [0.5, 0.6) is 0 Å². The molecule has 3 atom stereocenters. The quantitative estimate of drug-likeness (QED) is 0.824. The predicted molar refractivity (Wildman–Crippen MR) is 71.8 cm³/mol. The van der Waals surface area contributed by atoms with Crippen molar-refractivity contribution in [3.63, 3.8) is 0 Å². The summed E-state index contributed by atoms with van der Waals surface area (Å²) in [5.74, 6) is -0.903. The number of hydrogen-bond donors (Lipinski definition) is 2. The SMILES string of the molecule is CCC[C@H](NC(=O)C1CC1c1ccccc1)C(=O)O. The molecule has 1 amide bonds. The van der Waals surface area contributed by atoms with Crippen LogP contribution in [-0.2, 0) is 9.59 Å². The fourth-order valence-electron chi connectivity index (χ4n) is 2.38. The number of carboxylic acid groups (broad SMARTS) is 1. The van der Waals surface area contributed by atoms with E-state index in [4.69, 9.17) is 5.11 Å². The molecule has 2 N–H and O–H groups in total. The van der Waals surface area contributed by atoms with E-state index < -0.39 is 12.0 Å². The summed E-state index contributed by atoms with van der Waals surface area (Å²) < 4.78 is 0. The van der Waals surface area contributed by atoms with Gasteiger partial charge in [0.1, 0.15) is 6.04 Å². The van der Waals surface area contributed by atoms with Crippen LogP contribution in [0.2, 0.25) is 0 Å². The molecule has 2 rings (SSSR count). The molecule has 0 bridgehead atoms. The molecule has 0 heterocycles. The van der Waals surface area contributed by atoms with Gasteiger partial charge in [0, 0.05) is 5.92 Å². The highest BCUT2D eigenvalue weighted by Gasteiger charge is 2.44. The van der Waals surface area contributed by atoms with Crippen molar-refractivity contribution in [3.8, 4) is 0 Å². The molecule has 1 fully saturated rings. The van der Waals surface area contributed by atoms with Crippen molar-refractivity contribution in [3.05, 3.63) is 35.9 Å². The number of carboxylic acids is 1. The van der Waals surface area contributed by atoms with Crippen molar-refractivity contribution in [2.24, 2.45) is 5.92 Å². The Bertz CT molecular complexity index is 458. The third kappa shape index (κ3) is 3.34. The first-order valence-corrected chi connectivity index (χ1v) is 6.71. The number of hydrogen-bond acceptors (Lipinski definition) is 2. The molecule has 4 nitrogen and oxygen atoms in total. The molecule has 1 aliphatic rings. The largest absolute Gasteiger partial charge is 0.480 e. The Kier molecular flexibility index (Phi) is 4.20. The van der Waals surface area contributed by atoms with Gasteiger partial charge in [0.25, 0.3) is 0 Å². The first kappa shape index (κ1) is 13.6. The maximum Gasteiger partial charge on any atom is 0.326 e. The Morgan fingerprint density at radius 3 is 2.63 bits per heavy atom. The van der Waals surface area contributed by atoms with E-state index >= 15 is 0 Å². The molecular formula is C15H19NO3. The molecular weight excluding hydrogens is 242 g/mol. The second-order valence-corrected chi connectivity index (χ2v) is 5.05. The average Bonchev–Trinajstić information content (AvgIpc) is 3.19. The van der Waals surface area contributed by atoms with Crippen LogP contribution < -0.4 is 5.32 Å². The molecule has 19 heavy (non-hydrogen) atoms. The van der Waals surface area contributed by atoms with Crippen LogP contribution >= 0.6 is 0 Å². The van der Waals surface area contributed by atoms with E-state index in [0.29, 0.717) is 6.42 Å². The Balaban J connectivity index is 1.90. The van der Waals surface area contributed by atoms with E-state index in [-0.39, 0.29) is 17.7 Å². The number of amides is 1. The van der Waals surface area contributed by atoms with Crippen LogP contribution in [0.1, 0.15) is 37.7 Å². The van der Waals surface area contributed by atoms with Gasteiger partial charge in [-0.05, 0) is 24.3 Å². The molecule has 0 spiro atoms. The van der Waals surface area contributed by atoms with Gasteiger partial charge >= 0.3 is 5.97 Å². The number of rotatable bonds is 6. The first-order valence-electron chi connectivity index (χ1n) is 6.71. The summed E-state index contributed by atoms with van der Waals surface area (Å²) in [4.78, 5) is 23.0. The van der Waals surface area contributed by atoms with E-state index in [2.05, 4.69) is 5.32 Å². The van der Waals surface area contributed by atoms with E-state index in [1.165, 1.54) is 0 Å². The van der Waals surface area contributed by atoms with Crippen LogP contribution in [0.25, 0.3) is 0 Å². The average molecular weight is 261 g/mol. The number of nitrogens with one attached hydrogen (secondary N) is 1. The topological polar surface area (TPSA) is 66.4 Å². The minimum atomic E-state index is -0.952. The summed E-state index contributed by atoms with van der Waals surface area (Å²) >= 11 is 0. The van der Waals surface area contributed by atoms with Gasteiger partial charge < -0.3 is 10.4 Å². The minimum absolute atomic E-state index is 0.0684. The van der Waals surface area contributed by atoms with Gasteiger partial charge in [0.05, 0.1) is 0 Å². The zero-order valence-electron chi connectivity index (χ0n) is 11.0. The van der Waals surface area contributed by atoms with Gasteiger partial charge in [0.15, 0.2) is 0 Å². The van der Waals surface area contributed by atoms with Crippen molar-refractivity contribution in [2.75, 3.05) is 0 Å². The number of carbonyl (C=O) groups is 2. The zero-order valence-corrected chi connectivity index (χ0v) is 11.0. The normalized spacial score (nSPS) is 22.6. The second-order valence-electron chi connectivity index (χ2n) is 5.05. The molecule has 0 aromatic heterocycles. The van der Waals surface area contributed by atoms with E-state index in [9.17, 15) is 9.59 Å². The van der Waals surface area contributed by atoms with Crippen LogP contribution in [0.3, 0.4) is 0 Å². The van der Waals surface area contributed by atoms with Crippen molar-refractivity contribution in [2.45, 2.75) is 38.1 Å². The lowest BCUT2D eigenvalue weighted by Crippen LogP contribution is -2.41. The van der Waals surface area contributed by atoms with Crippen molar-refractivity contribution >= 4 is 11.9 Å². The number of aliphatic carboxylic acids is 1. The lowest BCUT2D eigenvalue weighted by molar-refractivity contribution is -0.142.